The van der Waals surface area contributed by atoms with E-state index in [1.165, 1.54) is 31.4 Å². The van der Waals surface area contributed by atoms with E-state index < -0.39 is 0 Å². The summed E-state index contributed by atoms with van der Waals surface area (Å²) in [6, 6.07) is 4.58. The van der Waals surface area contributed by atoms with Gasteiger partial charge in [-0.2, -0.15) is 0 Å². The number of anilines is 1. The van der Waals surface area contributed by atoms with E-state index in [1.54, 1.807) is 6.07 Å². The fourth-order valence-electron chi connectivity index (χ4n) is 4.45. The Morgan fingerprint density at radius 1 is 1.20 bits per heavy atom. The molecule has 0 heterocycles. The van der Waals surface area contributed by atoms with E-state index in [0.717, 1.165) is 25.7 Å². The first-order valence-electron chi connectivity index (χ1n) is 9.59. The SMILES string of the molecule is NC1C2CCCC1CC(C(=O)Nc1ccc(F)cc1OCC1CC1)C2. The number of carbonyl (C=O) groups is 1. The molecule has 4 rings (SSSR count). The van der Waals surface area contributed by atoms with Crippen LogP contribution < -0.4 is 15.8 Å². The predicted molar refractivity (Wildman–Crippen MR) is 94.8 cm³/mol. The highest BCUT2D eigenvalue weighted by Gasteiger charge is 2.40. The van der Waals surface area contributed by atoms with Gasteiger partial charge in [-0.3, -0.25) is 4.79 Å². The standard InChI is InChI=1S/C20H27FN2O2/c21-16-6-7-17(18(10-16)25-11-12-4-5-12)23-20(24)15-8-13-2-1-3-14(9-15)19(13)22/h6-7,10,12-15,19H,1-5,8-9,11,22H2,(H,23,24). The second-order valence-corrected chi connectivity index (χ2v) is 8.08. The number of halogens is 1. The topological polar surface area (TPSA) is 64.4 Å². The fraction of sp³-hybridized carbons (Fsp3) is 0.650. The van der Waals surface area contributed by atoms with Crippen LogP contribution in [0.2, 0.25) is 0 Å². The number of fused-ring (bicyclic) bond motifs is 2. The van der Waals surface area contributed by atoms with Gasteiger partial charge in [0.1, 0.15) is 11.6 Å². The van der Waals surface area contributed by atoms with Crippen molar-refractivity contribution in [3.05, 3.63) is 24.0 Å². The Balaban J connectivity index is 1.43. The van der Waals surface area contributed by atoms with Crippen molar-refractivity contribution >= 4 is 11.6 Å². The van der Waals surface area contributed by atoms with Crippen LogP contribution in [0.5, 0.6) is 5.75 Å². The number of rotatable bonds is 5. The van der Waals surface area contributed by atoms with Crippen LogP contribution >= 0.6 is 0 Å². The Bertz CT molecular complexity index is 633. The van der Waals surface area contributed by atoms with Gasteiger partial charge in [-0.05, 0) is 68.4 Å². The number of nitrogens with two attached hydrogens (primary N) is 1. The van der Waals surface area contributed by atoms with E-state index in [0.29, 0.717) is 35.8 Å². The summed E-state index contributed by atoms with van der Waals surface area (Å²) >= 11 is 0. The molecule has 2 atom stereocenters. The van der Waals surface area contributed by atoms with Crippen LogP contribution in [-0.2, 0) is 4.79 Å². The van der Waals surface area contributed by atoms with Gasteiger partial charge >= 0.3 is 0 Å². The predicted octanol–water partition coefficient (Wildman–Crippen LogP) is 3.71. The molecule has 0 radical (unpaired) electrons. The molecule has 1 aromatic rings. The number of amides is 1. The zero-order valence-electron chi connectivity index (χ0n) is 14.5. The fourth-order valence-corrected chi connectivity index (χ4v) is 4.45. The number of hydrogen-bond donors (Lipinski definition) is 2. The summed E-state index contributed by atoms with van der Waals surface area (Å²) in [5, 5.41) is 2.98. The van der Waals surface area contributed by atoms with Gasteiger partial charge in [-0.25, -0.2) is 4.39 Å². The van der Waals surface area contributed by atoms with E-state index in [-0.39, 0.29) is 23.7 Å². The van der Waals surface area contributed by atoms with Gasteiger partial charge in [0.05, 0.1) is 12.3 Å². The van der Waals surface area contributed by atoms with Crippen molar-refractivity contribution in [2.45, 2.75) is 51.0 Å². The van der Waals surface area contributed by atoms with Crippen LogP contribution in [-0.4, -0.2) is 18.6 Å². The Hall–Kier alpha value is -1.62. The lowest BCUT2D eigenvalue weighted by Gasteiger charge is -2.43. The quantitative estimate of drug-likeness (QED) is 0.854. The molecule has 1 aromatic carbocycles. The van der Waals surface area contributed by atoms with Crippen LogP contribution in [0.15, 0.2) is 18.2 Å². The Labute approximate surface area is 148 Å². The van der Waals surface area contributed by atoms with E-state index >= 15 is 0 Å². The van der Waals surface area contributed by atoms with Crippen molar-refractivity contribution in [2.24, 2.45) is 29.4 Å². The first-order valence-corrected chi connectivity index (χ1v) is 9.59. The maximum atomic E-state index is 13.6. The molecule has 25 heavy (non-hydrogen) atoms. The number of nitrogens with one attached hydrogen (secondary N) is 1. The Kier molecular flexibility index (Phi) is 4.67. The molecule has 0 saturated heterocycles. The van der Waals surface area contributed by atoms with Gasteiger partial charge < -0.3 is 15.8 Å². The average molecular weight is 346 g/mol. The van der Waals surface area contributed by atoms with Crippen LogP contribution in [0.25, 0.3) is 0 Å². The highest BCUT2D eigenvalue weighted by Crippen LogP contribution is 2.42. The van der Waals surface area contributed by atoms with E-state index in [1.807, 2.05) is 0 Å². The summed E-state index contributed by atoms with van der Waals surface area (Å²) < 4.78 is 19.3. The molecule has 0 aliphatic heterocycles. The smallest absolute Gasteiger partial charge is 0.227 e. The number of benzene rings is 1. The Morgan fingerprint density at radius 2 is 1.92 bits per heavy atom. The summed E-state index contributed by atoms with van der Waals surface area (Å²) in [7, 11) is 0. The van der Waals surface area contributed by atoms with E-state index in [9.17, 15) is 9.18 Å². The highest BCUT2D eigenvalue weighted by atomic mass is 19.1. The van der Waals surface area contributed by atoms with Gasteiger partial charge in [-0.15, -0.1) is 0 Å². The minimum Gasteiger partial charge on any atom is -0.491 e. The molecule has 3 saturated carbocycles. The minimum atomic E-state index is -0.345. The second-order valence-electron chi connectivity index (χ2n) is 8.08. The molecule has 2 unspecified atom stereocenters. The lowest BCUT2D eigenvalue weighted by atomic mass is 9.65. The van der Waals surface area contributed by atoms with Crippen molar-refractivity contribution in [3.63, 3.8) is 0 Å². The number of ether oxygens (including phenoxy) is 1. The van der Waals surface area contributed by atoms with Gasteiger partial charge in [0.15, 0.2) is 0 Å². The summed E-state index contributed by atoms with van der Waals surface area (Å²) in [6.45, 7) is 0.592. The van der Waals surface area contributed by atoms with Crippen LogP contribution in [0, 0.1) is 29.5 Å². The minimum absolute atomic E-state index is 0.00330. The molecule has 4 nitrogen and oxygen atoms in total. The average Bonchev–Trinajstić information content (AvgIpc) is 3.39. The van der Waals surface area contributed by atoms with Crippen LogP contribution in [0.4, 0.5) is 10.1 Å². The summed E-state index contributed by atoms with van der Waals surface area (Å²) in [6.07, 6.45) is 7.56. The first-order chi connectivity index (χ1) is 12.1. The maximum absolute atomic E-state index is 13.6. The highest BCUT2D eigenvalue weighted by molar-refractivity contribution is 5.94. The third kappa shape index (κ3) is 3.81. The molecule has 5 heteroatoms. The summed E-state index contributed by atoms with van der Waals surface area (Å²) in [5.41, 5.74) is 6.90. The monoisotopic (exact) mass is 346 g/mol. The van der Waals surface area contributed by atoms with Crippen molar-refractivity contribution in [3.8, 4) is 5.75 Å². The zero-order chi connectivity index (χ0) is 17.4. The lowest BCUT2D eigenvalue weighted by Crippen LogP contribution is -2.48. The van der Waals surface area contributed by atoms with Gasteiger partial charge in [0.25, 0.3) is 0 Å². The molecule has 0 aromatic heterocycles. The van der Waals surface area contributed by atoms with Crippen molar-refractivity contribution in [1.29, 1.82) is 0 Å². The summed E-state index contributed by atoms with van der Waals surface area (Å²) in [5.74, 6) is 1.60. The summed E-state index contributed by atoms with van der Waals surface area (Å²) in [4.78, 5) is 12.8. The second kappa shape index (κ2) is 6.94. The molecule has 1 amide bonds. The maximum Gasteiger partial charge on any atom is 0.227 e. The van der Waals surface area contributed by atoms with Crippen molar-refractivity contribution < 1.29 is 13.9 Å². The largest absolute Gasteiger partial charge is 0.491 e. The van der Waals surface area contributed by atoms with E-state index in [4.69, 9.17) is 10.5 Å². The Morgan fingerprint density at radius 3 is 2.60 bits per heavy atom. The van der Waals surface area contributed by atoms with Gasteiger partial charge in [0.2, 0.25) is 5.91 Å². The molecule has 3 aliphatic carbocycles. The number of carbonyl (C=O) groups excluding carboxylic acids is 1. The zero-order valence-corrected chi connectivity index (χ0v) is 14.5. The normalized spacial score (nSPS) is 31.4. The van der Waals surface area contributed by atoms with E-state index in [2.05, 4.69) is 5.32 Å². The van der Waals surface area contributed by atoms with Crippen LogP contribution in [0.1, 0.15) is 44.9 Å². The first kappa shape index (κ1) is 16.8. The molecule has 3 fully saturated rings. The van der Waals surface area contributed by atoms with Crippen molar-refractivity contribution in [2.75, 3.05) is 11.9 Å². The molecular formula is C20H27FN2O2. The molecule has 2 bridgehead atoms. The molecule has 3 aliphatic rings. The number of hydrogen-bond acceptors (Lipinski definition) is 3. The molecule has 3 N–H and O–H groups in total. The van der Waals surface area contributed by atoms with Crippen molar-refractivity contribution in [1.82, 2.24) is 0 Å². The molecule has 136 valence electrons. The van der Waals surface area contributed by atoms with Gasteiger partial charge in [-0.1, -0.05) is 6.42 Å². The molecular weight excluding hydrogens is 319 g/mol. The molecule has 0 spiro atoms. The third-order valence-corrected chi connectivity index (χ3v) is 6.16. The van der Waals surface area contributed by atoms with Gasteiger partial charge in [0, 0.05) is 18.0 Å². The van der Waals surface area contributed by atoms with Crippen LogP contribution in [0.3, 0.4) is 0 Å². The third-order valence-electron chi connectivity index (χ3n) is 6.16. The lowest BCUT2D eigenvalue weighted by molar-refractivity contribution is -0.122.